The zero-order valence-corrected chi connectivity index (χ0v) is 65.1. The van der Waals surface area contributed by atoms with E-state index in [2.05, 4.69) is 120 Å². The van der Waals surface area contributed by atoms with Gasteiger partial charge in [-0.1, -0.05) is 106 Å². The van der Waals surface area contributed by atoms with E-state index in [-0.39, 0.29) is 84.1 Å². The van der Waals surface area contributed by atoms with Crippen molar-refractivity contribution < 1.29 is 57.2 Å². The van der Waals surface area contributed by atoms with Gasteiger partial charge in [-0.25, -0.2) is 44.5 Å². The summed E-state index contributed by atoms with van der Waals surface area (Å²) >= 11 is 9.96. The lowest BCUT2D eigenvalue weighted by Gasteiger charge is -2.44. The summed E-state index contributed by atoms with van der Waals surface area (Å²) in [6.45, 7) is 13.0. The second-order valence-corrected chi connectivity index (χ2v) is 29.2. The smallest absolute Gasteiger partial charge is 0.343 e. The van der Waals surface area contributed by atoms with Crippen LogP contribution in [0, 0.1) is 11.8 Å². The number of carbonyl (C=O) groups is 6. The molecule has 1 aromatic carbocycles. The second kappa shape index (κ2) is 43.0. The third-order valence-electron chi connectivity index (χ3n) is 19.8. The monoisotopic (exact) mass is 1530 g/mol. The van der Waals surface area contributed by atoms with E-state index in [1.54, 1.807) is 20.0 Å². The molecule has 4 aromatic heterocycles. The number of aromatic nitrogens is 8. The number of benzene rings is 1. The van der Waals surface area contributed by atoms with Gasteiger partial charge in [0.1, 0.15) is 46.0 Å². The van der Waals surface area contributed by atoms with Crippen LogP contribution < -0.4 is 30.7 Å². The molecule has 26 nitrogen and oxygen atoms in total. The van der Waals surface area contributed by atoms with Crippen LogP contribution in [-0.2, 0) is 42.8 Å². The number of anilines is 5. The number of nitrogens with one attached hydrogen (secondary N) is 3. The Morgan fingerprint density at radius 3 is 1.87 bits per heavy atom. The maximum absolute atomic E-state index is 12.6. The fourth-order valence-corrected chi connectivity index (χ4v) is 16.0. The molecule has 8 aliphatic rings. The van der Waals surface area contributed by atoms with Crippen molar-refractivity contribution in [1.29, 1.82) is 0 Å². The first-order valence-corrected chi connectivity index (χ1v) is 40.1. The molecule has 572 valence electrons. The molecule has 0 bridgehead atoms. The van der Waals surface area contributed by atoms with Crippen LogP contribution in [-0.4, -0.2) is 213 Å². The summed E-state index contributed by atoms with van der Waals surface area (Å²) in [4.78, 5) is 113. The molecule has 0 amide bonds. The number of esters is 5. The molecule has 32 heteroatoms. The van der Waals surface area contributed by atoms with Crippen molar-refractivity contribution in [1.82, 2.24) is 50.5 Å². The van der Waals surface area contributed by atoms with Crippen molar-refractivity contribution >= 4 is 127 Å². The van der Waals surface area contributed by atoms with Crippen molar-refractivity contribution in [2.24, 2.45) is 11.8 Å². The number of carbonyl (C=O) groups excluding carboxylic acids is 6. The standard InChI is InChI=1S/C26H34N6O.C16H23N3O4S.C15H18N2O3S.C8H9ClN2O2S.C8H15NO2.CH4.B2/c1-26(2)23-21(11-16-33-26)22-17-28-25(30-24(22)32(23)20-5-3-4-6-20)29-18-7-9-19(10-8-18)31-14-12-27-13-15-31;1-4-23-15(21)12-9-17-16(24-3)18-14(12)19(10-13(20)22-2)11-7-5-6-8-11;1-20-14(19)11-10(8-5-3-4-6-8)12-9(13(11)18)7-16-15(17-12)21-2;1-3-13-7(12)5-4-10-8(14-2)11-6(5)9;1-11-8(10)6-9-7-4-2-3-5-7;;1-2/h7-11,16-17,20-21,23,27H,3-6,12-15H2,1-2H3,(H,28,29,30);9,11H,4-8,10H2,1-3H3;7-8,10-11H,3-6H2,1-2H3;4H,3H2,1-2H3;7,9H,2-6H2,1H3;1H4;. The molecule has 4 saturated carbocycles. The van der Waals surface area contributed by atoms with E-state index in [0.717, 1.165) is 94.7 Å². The largest absolute Gasteiger partial charge is 0.494 e. The van der Waals surface area contributed by atoms with Gasteiger partial charge in [0.05, 0.1) is 64.6 Å². The Morgan fingerprint density at radius 1 is 0.708 bits per heavy atom. The van der Waals surface area contributed by atoms with Crippen LogP contribution in [0.5, 0.6) is 0 Å². The van der Waals surface area contributed by atoms with Gasteiger partial charge in [-0.15, -0.1) is 0 Å². The molecule has 7 heterocycles. The Bertz CT molecular complexity index is 3720. The topological polar surface area (TPSA) is 307 Å². The Morgan fingerprint density at radius 2 is 1.27 bits per heavy atom. The highest BCUT2D eigenvalue weighted by atomic mass is 35.5. The first kappa shape index (κ1) is 85.9. The highest BCUT2D eigenvalue weighted by molar-refractivity contribution is 7.98. The van der Waals surface area contributed by atoms with E-state index >= 15 is 0 Å². The molecule has 106 heavy (non-hydrogen) atoms. The third kappa shape index (κ3) is 22.4. The van der Waals surface area contributed by atoms with Crippen LogP contribution in [0.4, 0.5) is 29.0 Å². The fourth-order valence-electron chi connectivity index (χ4n) is 14.7. The number of ether oxygens (including phenoxy) is 6. The van der Waals surface area contributed by atoms with Gasteiger partial charge in [-0.3, -0.25) is 19.2 Å². The SMILES string of the molecule is C.CC1(C)OC=CC2c3cnc(Nc4ccc(N5CCNCC5)cc4)nc3N(C3CCCC3)C21.CCOC(=O)c1cnc(SC)nc1Cl.CCOC(=O)c1cnc(SC)nc1N(CC(=O)OC)C1CCCC1.COC(=O)C1C(=O)c2cnc(SC)nc2C1C1CCCC1.COC(=O)CNC1CCCC1.[B][B]. The van der Waals surface area contributed by atoms with Crippen molar-refractivity contribution in [2.45, 2.75) is 195 Å². The van der Waals surface area contributed by atoms with Crippen molar-refractivity contribution in [3.05, 3.63) is 94.5 Å². The number of thioether (sulfide) groups is 3. The van der Waals surface area contributed by atoms with E-state index < -0.39 is 23.8 Å². The van der Waals surface area contributed by atoms with Gasteiger partial charge in [0, 0.05) is 113 Å². The fraction of sp³-hybridized carbons (Fsp3) is 0.595. The molecule has 4 unspecified atom stereocenters. The van der Waals surface area contributed by atoms with Crippen LogP contribution in [0.2, 0.25) is 5.15 Å². The van der Waals surface area contributed by atoms with Crippen LogP contribution in [0.25, 0.3) is 0 Å². The van der Waals surface area contributed by atoms with Gasteiger partial charge in [-0.05, 0) is 134 Å². The number of hydrogen-bond donors (Lipinski definition) is 3. The number of fused-ring (bicyclic) bond motifs is 4. The summed E-state index contributed by atoms with van der Waals surface area (Å²) in [6.07, 6.45) is 34.6. The van der Waals surface area contributed by atoms with Crippen LogP contribution in [0.1, 0.15) is 192 Å². The highest BCUT2D eigenvalue weighted by Crippen LogP contribution is 2.51. The van der Waals surface area contributed by atoms with E-state index in [1.165, 1.54) is 132 Å². The lowest BCUT2D eigenvalue weighted by atomic mass is 9.81. The van der Waals surface area contributed by atoms with Gasteiger partial charge in [0.2, 0.25) is 5.95 Å². The van der Waals surface area contributed by atoms with E-state index in [0.29, 0.717) is 64.0 Å². The molecule has 5 aliphatic carbocycles. The van der Waals surface area contributed by atoms with Gasteiger partial charge in [0.25, 0.3) is 0 Å². The van der Waals surface area contributed by atoms with E-state index in [9.17, 15) is 28.8 Å². The third-order valence-corrected chi connectivity index (χ3v) is 21.8. The van der Waals surface area contributed by atoms with Crippen LogP contribution in [0.15, 0.2) is 76.9 Å². The summed E-state index contributed by atoms with van der Waals surface area (Å²) in [5.41, 5.74) is 4.97. The predicted molar refractivity (Wildman–Crippen MR) is 417 cm³/mol. The maximum Gasteiger partial charge on any atom is 0.343 e. The summed E-state index contributed by atoms with van der Waals surface area (Å²) in [7, 11) is 12.1. The Hall–Kier alpha value is -7.31. The first-order chi connectivity index (χ1) is 50.9. The number of piperazine rings is 1. The normalized spacial score (nSPS) is 19.7. The summed E-state index contributed by atoms with van der Waals surface area (Å²) in [5.74, 6) is -0.206. The molecule has 5 aromatic rings. The quantitative estimate of drug-likeness (QED) is 0.0124. The Kier molecular flexibility index (Phi) is 34.9. The molecule has 4 radical (unpaired) electrons. The van der Waals surface area contributed by atoms with Gasteiger partial charge >= 0.3 is 29.8 Å². The van der Waals surface area contributed by atoms with E-state index in [4.69, 9.17) is 45.3 Å². The molecule has 0 spiro atoms. The Labute approximate surface area is 644 Å². The average molecular weight is 1530 g/mol. The summed E-state index contributed by atoms with van der Waals surface area (Å²) in [6, 6.07) is 10.1. The Balaban J connectivity index is 0.000000192. The molecule has 1 saturated heterocycles. The number of rotatable bonds is 20. The highest BCUT2D eigenvalue weighted by Gasteiger charge is 2.53. The number of ketones is 1. The molecule has 13 rings (SSSR count). The van der Waals surface area contributed by atoms with Crippen LogP contribution >= 0.6 is 46.9 Å². The molecular weight excluding hydrogens is 1430 g/mol. The first-order valence-electron chi connectivity index (χ1n) is 36.0. The molecule has 3 aliphatic heterocycles. The second-order valence-electron chi connectivity index (χ2n) is 26.5. The average Bonchev–Trinajstić information content (AvgIpc) is 1.54. The van der Waals surface area contributed by atoms with Crippen molar-refractivity contribution in [2.75, 3.05) is 113 Å². The summed E-state index contributed by atoms with van der Waals surface area (Å²) in [5, 5.41) is 11.9. The van der Waals surface area contributed by atoms with E-state index in [1.807, 2.05) is 36.1 Å². The molecule has 5 fully saturated rings. The summed E-state index contributed by atoms with van der Waals surface area (Å²) < 4.78 is 30.2. The van der Waals surface area contributed by atoms with Crippen molar-refractivity contribution in [3.8, 4) is 0 Å². The van der Waals surface area contributed by atoms with Crippen LogP contribution in [0.3, 0.4) is 0 Å². The van der Waals surface area contributed by atoms with Gasteiger partial charge in [-0.2, -0.15) is 4.98 Å². The van der Waals surface area contributed by atoms with Gasteiger partial charge < -0.3 is 59.1 Å². The predicted octanol–water partition coefficient (Wildman–Crippen LogP) is 11.5. The van der Waals surface area contributed by atoms with Gasteiger partial charge in [0.15, 0.2) is 21.3 Å². The number of Topliss-reactive ketones (excluding diaryl/α,β-unsaturated/α-hetero) is 1. The minimum Gasteiger partial charge on any atom is -0.494 e. The zero-order valence-electron chi connectivity index (χ0n) is 61.9. The minimum absolute atomic E-state index is 0. The zero-order chi connectivity index (χ0) is 75.6. The lowest BCUT2D eigenvalue weighted by molar-refractivity contribution is -0.144. The van der Waals surface area contributed by atoms with Crippen molar-refractivity contribution in [3.63, 3.8) is 0 Å². The lowest BCUT2D eigenvalue weighted by Crippen LogP contribution is -2.54. The number of halogens is 1. The molecule has 4 atom stereocenters. The maximum atomic E-state index is 12.6. The molecule has 3 N–H and O–H groups in total. The number of hydrogen-bond acceptors (Lipinski definition) is 29. The number of nitrogens with zero attached hydrogens (tertiary/aromatic N) is 11. The molecular formula is C74H103B2ClN14O12S3. The minimum atomic E-state index is -0.737. The number of methoxy groups -OCH3 is 3.